The number of hydrogen-bond donors (Lipinski definition) is 1. The maximum Gasteiger partial charge on any atom is 0.297 e. The first-order valence-corrected chi connectivity index (χ1v) is 5.89. The maximum atomic E-state index is 11.2. The van der Waals surface area contributed by atoms with Crippen LogP contribution in [0.3, 0.4) is 0 Å². The van der Waals surface area contributed by atoms with Crippen molar-refractivity contribution >= 4 is 37.8 Å². The molecule has 0 fully saturated rings. The van der Waals surface area contributed by atoms with Crippen molar-refractivity contribution in [2.45, 2.75) is 13.0 Å². The first-order chi connectivity index (χ1) is 7.13. The lowest BCUT2D eigenvalue weighted by molar-refractivity contribution is -0.116. The van der Waals surface area contributed by atoms with Crippen LogP contribution < -0.4 is 5.32 Å². The van der Waals surface area contributed by atoms with Gasteiger partial charge in [0, 0.05) is 26.3 Å². The van der Waals surface area contributed by atoms with E-state index in [1.54, 1.807) is 0 Å². The molecule has 2 nitrogen and oxygen atoms in total. The molecule has 4 heteroatoms. The Morgan fingerprint density at radius 3 is 2.53 bits per heavy atom. The number of hydrogen-bond acceptors (Lipinski definition) is 1. The Hall–Kier alpha value is -0.790. The van der Waals surface area contributed by atoms with Crippen LogP contribution in [-0.4, -0.2) is 5.91 Å². The lowest BCUT2D eigenvalue weighted by Crippen LogP contribution is -2.24. The maximum absolute atomic E-state index is 11.2. The van der Waals surface area contributed by atoms with E-state index in [9.17, 15) is 4.79 Å². The van der Waals surface area contributed by atoms with E-state index in [4.69, 9.17) is 0 Å². The van der Waals surface area contributed by atoms with Gasteiger partial charge in [-0.15, -0.1) is 0 Å². The molecule has 0 bridgehead atoms. The Morgan fingerprint density at radius 2 is 2.00 bits per heavy atom. The second kappa shape index (κ2) is 5.94. The van der Waals surface area contributed by atoms with Crippen LogP contribution in [0.1, 0.15) is 18.5 Å². The molecule has 1 rings (SSSR count). The molecule has 0 aliphatic carbocycles. The molecule has 0 aliphatic heterocycles. The Kier molecular flexibility index (Phi) is 4.86. The monoisotopic (exact) mass is 329 g/mol. The van der Waals surface area contributed by atoms with Crippen molar-refractivity contribution in [3.63, 3.8) is 0 Å². The highest BCUT2D eigenvalue weighted by Crippen LogP contribution is 2.16. The number of rotatable bonds is 2. The van der Waals surface area contributed by atoms with Gasteiger partial charge in [-0.3, -0.25) is 4.79 Å². The molecule has 15 heavy (non-hydrogen) atoms. The Morgan fingerprint density at radius 1 is 1.40 bits per heavy atom. The Bertz CT molecular complexity index is 403. The molecule has 0 saturated heterocycles. The molecule has 0 aromatic heterocycles. The van der Waals surface area contributed by atoms with E-state index in [0.29, 0.717) is 0 Å². The van der Waals surface area contributed by atoms with Gasteiger partial charge >= 0.3 is 0 Å². The predicted octanol–water partition coefficient (Wildman–Crippen LogP) is 2.98. The molecule has 78 valence electrons. The van der Waals surface area contributed by atoms with Crippen molar-refractivity contribution in [1.82, 2.24) is 5.32 Å². The molecule has 0 heterocycles. The summed E-state index contributed by atoms with van der Waals surface area (Å²) in [5.74, 6) is 2.08. The van der Waals surface area contributed by atoms with Gasteiger partial charge in [-0.25, -0.2) is 0 Å². The first-order valence-electron chi connectivity index (χ1n) is 4.31. The summed E-state index contributed by atoms with van der Waals surface area (Å²) >= 11 is 6.23. The fraction of sp³-hybridized carbons (Fsp3) is 0.182. The second-order valence-electron chi connectivity index (χ2n) is 2.97. The van der Waals surface area contributed by atoms with Crippen LogP contribution in [-0.2, 0) is 4.79 Å². The summed E-state index contributed by atoms with van der Waals surface area (Å²) in [6.07, 6.45) is 0. The van der Waals surface area contributed by atoms with E-state index in [2.05, 4.69) is 47.9 Å². The van der Waals surface area contributed by atoms with Crippen molar-refractivity contribution in [3.05, 3.63) is 34.3 Å². The molecule has 0 aliphatic rings. The summed E-state index contributed by atoms with van der Waals surface area (Å²) in [6, 6.07) is 7.74. The molecule has 0 radical (unpaired) electrons. The number of amides is 1. The third-order valence-corrected chi connectivity index (χ3v) is 2.61. The number of nitrogens with one attached hydrogen (secondary N) is 1. The molecule has 0 saturated carbocycles. The zero-order chi connectivity index (χ0) is 11.3. The normalized spacial score (nSPS) is 11.1. The molecule has 1 N–H and O–H groups in total. The molecule has 1 aromatic rings. The average Bonchev–Trinajstić information content (AvgIpc) is 2.18. The fourth-order valence-corrected chi connectivity index (χ4v) is 1.55. The lowest BCUT2D eigenvalue weighted by atomic mass is 10.1. The van der Waals surface area contributed by atoms with Crippen molar-refractivity contribution in [3.8, 4) is 10.8 Å². The van der Waals surface area contributed by atoms with Crippen molar-refractivity contribution in [2.24, 2.45) is 0 Å². The zero-order valence-corrected chi connectivity index (χ0v) is 11.2. The van der Waals surface area contributed by atoms with Crippen LogP contribution in [0.4, 0.5) is 0 Å². The highest BCUT2D eigenvalue weighted by molar-refractivity contribution is 9.12. The molecule has 0 spiro atoms. The number of carbonyl (C=O) groups is 1. The summed E-state index contributed by atoms with van der Waals surface area (Å²) in [7, 11) is 0. The van der Waals surface area contributed by atoms with Gasteiger partial charge in [0.2, 0.25) is 0 Å². The van der Waals surface area contributed by atoms with Crippen LogP contribution in [0.15, 0.2) is 28.7 Å². The smallest absolute Gasteiger partial charge is 0.297 e. The van der Waals surface area contributed by atoms with E-state index in [0.717, 1.165) is 10.0 Å². The molecular weight excluding hydrogens is 322 g/mol. The summed E-state index contributed by atoms with van der Waals surface area (Å²) < 4.78 is 1.02. The third-order valence-electron chi connectivity index (χ3n) is 1.88. The Labute approximate surface area is 106 Å². The summed E-state index contributed by atoms with van der Waals surface area (Å²) in [4.78, 5) is 13.5. The minimum absolute atomic E-state index is 0.0426. The standard InChI is InChI=1S/C11H9Br2NO/c1-8(14-11(15)6-7-12)9-2-4-10(13)5-3-9/h2-5,8H,1H3,(H,14,15)/t8-/m1/s1. The highest BCUT2D eigenvalue weighted by Gasteiger charge is 2.06. The topological polar surface area (TPSA) is 29.1 Å². The van der Waals surface area contributed by atoms with Crippen LogP contribution >= 0.6 is 31.9 Å². The highest BCUT2D eigenvalue weighted by atomic mass is 79.9. The molecule has 0 unspecified atom stereocenters. The summed E-state index contributed by atoms with van der Waals surface area (Å²) in [5, 5.41) is 2.76. The number of carbonyl (C=O) groups excluding carboxylic acids is 1. The van der Waals surface area contributed by atoms with Crippen LogP contribution in [0.2, 0.25) is 0 Å². The fourth-order valence-electron chi connectivity index (χ4n) is 1.11. The Balaban J connectivity index is 2.67. The molecule has 1 atom stereocenters. The largest absolute Gasteiger partial charge is 0.339 e. The lowest BCUT2D eigenvalue weighted by Gasteiger charge is -2.11. The van der Waals surface area contributed by atoms with E-state index in [1.807, 2.05) is 31.2 Å². The van der Waals surface area contributed by atoms with Gasteiger partial charge < -0.3 is 5.32 Å². The average molecular weight is 331 g/mol. The summed E-state index contributed by atoms with van der Waals surface area (Å²) in [6.45, 7) is 1.91. The van der Waals surface area contributed by atoms with Gasteiger partial charge in [0.25, 0.3) is 5.91 Å². The quantitative estimate of drug-likeness (QED) is 0.830. The summed E-state index contributed by atoms with van der Waals surface area (Å²) in [5.41, 5.74) is 1.04. The van der Waals surface area contributed by atoms with Crippen molar-refractivity contribution in [1.29, 1.82) is 0 Å². The zero-order valence-electron chi connectivity index (χ0n) is 8.05. The van der Waals surface area contributed by atoms with Gasteiger partial charge in [0.15, 0.2) is 0 Å². The van der Waals surface area contributed by atoms with E-state index in [1.165, 1.54) is 0 Å². The van der Waals surface area contributed by atoms with E-state index >= 15 is 0 Å². The second-order valence-corrected chi connectivity index (χ2v) is 4.28. The molecule has 1 aromatic carbocycles. The third kappa shape index (κ3) is 4.06. The number of benzene rings is 1. The van der Waals surface area contributed by atoms with Crippen molar-refractivity contribution in [2.75, 3.05) is 0 Å². The van der Waals surface area contributed by atoms with E-state index < -0.39 is 0 Å². The van der Waals surface area contributed by atoms with Gasteiger partial charge in [0.1, 0.15) is 0 Å². The molecule has 1 amide bonds. The van der Waals surface area contributed by atoms with Crippen LogP contribution in [0.25, 0.3) is 0 Å². The van der Waals surface area contributed by atoms with Crippen LogP contribution in [0, 0.1) is 10.8 Å². The van der Waals surface area contributed by atoms with Crippen LogP contribution in [0.5, 0.6) is 0 Å². The van der Waals surface area contributed by atoms with Crippen molar-refractivity contribution < 1.29 is 4.79 Å². The van der Waals surface area contributed by atoms with Gasteiger partial charge in [-0.2, -0.15) is 0 Å². The molecular formula is C11H9Br2NO. The van der Waals surface area contributed by atoms with E-state index in [-0.39, 0.29) is 11.9 Å². The minimum atomic E-state index is -0.290. The predicted molar refractivity (Wildman–Crippen MR) is 67.4 cm³/mol. The first kappa shape index (κ1) is 12.3. The minimum Gasteiger partial charge on any atom is -0.339 e. The van der Waals surface area contributed by atoms with Gasteiger partial charge in [-0.05, 0) is 29.4 Å². The SMILES string of the molecule is C[C@@H](NC(=O)C#CBr)c1ccc(Br)cc1. The van der Waals surface area contributed by atoms with Gasteiger partial charge in [0.05, 0.1) is 6.04 Å². The van der Waals surface area contributed by atoms with Gasteiger partial charge in [-0.1, -0.05) is 28.1 Å². The number of halogens is 2.